The van der Waals surface area contributed by atoms with E-state index in [1.54, 1.807) is 42.5 Å². The van der Waals surface area contributed by atoms with Crippen molar-refractivity contribution >= 4 is 36.0 Å². The Morgan fingerprint density at radius 3 is 2.37 bits per heavy atom. The molecule has 0 aliphatic rings. The predicted octanol–water partition coefficient (Wildman–Crippen LogP) is 1.93. The highest BCUT2D eigenvalue weighted by Gasteiger charge is 2.15. The van der Waals surface area contributed by atoms with E-state index in [2.05, 4.69) is 10.6 Å². The number of hydrogen-bond acceptors (Lipinski definition) is 5. The Kier molecular flexibility index (Phi) is 9.18. The first kappa shape index (κ1) is 23.3. The molecule has 0 aliphatic heterocycles. The van der Waals surface area contributed by atoms with Crippen molar-refractivity contribution in [2.75, 3.05) is 0 Å². The first-order chi connectivity index (χ1) is 14.4. The highest BCUT2D eigenvalue weighted by Crippen LogP contribution is 2.13. The minimum Gasteiger partial charge on any atom is -0.368 e. The third-order valence-electron chi connectivity index (χ3n) is 4.56. The molecule has 8 heteroatoms. The van der Waals surface area contributed by atoms with Crippen LogP contribution in [0.25, 0.3) is 0 Å². The van der Waals surface area contributed by atoms with E-state index in [-0.39, 0.29) is 31.7 Å². The van der Waals surface area contributed by atoms with Gasteiger partial charge in [-0.1, -0.05) is 41.9 Å². The molecule has 158 valence electrons. The molecule has 0 aromatic heterocycles. The van der Waals surface area contributed by atoms with Crippen LogP contribution in [0.5, 0.6) is 0 Å². The van der Waals surface area contributed by atoms with Crippen LogP contribution in [0.4, 0.5) is 0 Å². The van der Waals surface area contributed by atoms with Gasteiger partial charge in [-0.05, 0) is 35.2 Å². The van der Waals surface area contributed by atoms with E-state index in [9.17, 15) is 19.2 Å². The zero-order valence-corrected chi connectivity index (χ0v) is 17.2. The number of amides is 2. The van der Waals surface area contributed by atoms with Crippen molar-refractivity contribution in [1.29, 1.82) is 0 Å². The van der Waals surface area contributed by atoms with Crippen LogP contribution in [0.1, 0.15) is 39.9 Å². The Morgan fingerprint density at radius 1 is 1.03 bits per heavy atom. The molecule has 0 saturated heterocycles. The molecule has 0 spiro atoms. The van der Waals surface area contributed by atoms with Gasteiger partial charge in [0.25, 0.3) is 0 Å². The second-order valence-electron chi connectivity index (χ2n) is 6.81. The zero-order chi connectivity index (χ0) is 21.9. The number of halogens is 1. The van der Waals surface area contributed by atoms with Crippen LogP contribution >= 0.6 is 11.6 Å². The largest absolute Gasteiger partial charge is 0.368 e. The molecule has 0 radical (unpaired) electrons. The second kappa shape index (κ2) is 11.8. The second-order valence-corrected chi connectivity index (χ2v) is 7.25. The van der Waals surface area contributed by atoms with Crippen LogP contribution in [0.2, 0.25) is 5.02 Å². The molecule has 0 heterocycles. The van der Waals surface area contributed by atoms with Crippen molar-refractivity contribution < 1.29 is 19.2 Å². The minimum absolute atomic E-state index is 0.140. The molecule has 2 aromatic rings. The fraction of sp³-hybridized carbons (Fsp3) is 0.273. The quantitative estimate of drug-likeness (QED) is 0.445. The molecular formula is C22H24ClN3O4. The molecule has 1 atom stereocenters. The van der Waals surface area contributed by atoms with Gasteiger partial charge in [0.1, 0.15) is 12.6 Å². The van der Waals surface area contributed by atoms with Gasteiger partial charge in [-0.25, -0.2) is 0 Å². The summed E-state index contributed by atoms with van der Waals surface area (Å²) in [7, 11) is 0. The summed E-state index contributed by atoms with van der Waals surface area (Å²) in [5.74, 6) is -0.700. The maximum atomic E-state index is 12.2. The molecule has 0 saturated carbocycles. The number of hydrogen-bond donors (Lipinski definition) is 3. The summed E-state index contributed by atoms with van der Waals surface area (Å²) in [5.41, 5.74) is 8.16. The number of benzene rings is 2. The van der Waals surface area contributed by atoms with Crippen molar-refractivity contribution in [3.05, 3.63) is 69.7 Å². The van der Waals surface area contributed by atoms with E-state index in [1.165, 1.54) is 0 Å². The Hall–Kier alpha value is -3.03. The van der Waals surface area contributed by atoms with E-state index < -0.39 is 11.9 Å². The van der Waals surface area contributed by atoms with Gasteiger partial charge in [0.05, 0.1) is 12.5 Å². The molecular weight excluding hydrogens is 406 g/mol. The van der Waals surface area contributed by atoms with Crippen molar-refractivity contribution in [3.63, 3.8) is 0 Å². The molecule has 0 bridgehead atoms. The first-order valence-electron chi connectivity index (χ1n) is 9.47. The Balaban J connectivity index is 1.97. The van der Waals surface area contributed by atoms with Gasteiger partial charge in [0, 0.05) is 30.1 Å². The lowest BCUT2D eigenvalue weighted by Crippen LogP contribution is -2.41. The lowest BCUT2D eigenvalue weighted by atomic mass is 10.0. The summed E-state index contributed by atoms with van der Waals surface area (Å²) in [6.07, 6.45) is 2.18. The Morgan fingerprint density at radius 2 is 1.73 bits per heavy atom. The minimum atomic E-state index is -0.669. The molecule has 2 amide bonds. The van der Waals surface area contributed by atoms with Gasteiger partial charge in [-0.15, -0.1) is 0 Å². The first-order valence-corrected chi connectivity index (χ1v) is 9.85. The van der Waals surface area contributed by atoms with Crippen LogP contribution in [-0.4, -0.2) is 30.4 Å². The molecule has 30 heavy (non-hydrogen) atoms. The monoisotopic (exact) mass is 429 g/mol. The van der Waals surface area contributed by atoms with Gasteiger partial charge in [0.2, 0.25) is 11.8 Å². The van der Waals surface area contributed by atoms with E-state index in [0.29, 0.717) is 22.7 Å². The number of primary amides is 1. The van der Waals surface area contributed by atoms with Gasteiger partial charge in [0.15, 0.2) is 0 Å². The average molecular weight is 430 g/mol. The summed E-state index contributed by atoms with van der Waals surface area (Å²) in [6, 6.07) is 11.6. The molecule has 0 aliphatic carbocycles. The smallest absolute Gasteiger partial charge is 0.234 e. The van der Waals surface area contributed by atoms with Crippen molar-refractivity contribution in [3.8, 4) is 0 Å². The van der Waals surface area contributed by atoms with Crippen LogP contribution in [-0.2, 0) is 33.9 Å². The fourth-order valence-electron chi connectivity index (χ4n) is 2.90. The van der Waals surface area contributed by atoms with E-state index >= 15 is 0 Å². The van der Waals surface area contributed by atoms with Gasteiger partial charge in [-0.3, -0.25) is 14.4 Å². The molecule has 0 fully saturated rings. The number of nitrogens with two attached hydrogens (primary N) is 1. The number of rotatable bonds is 12. The van der Waals surface area contributed by atoms with Crippen molar-refractivity contribution in [2.45, 2.75) is 38.4 Å². The molecule has 4 N–H and O–H groups in total. The lowest BCUT2D eigenvalue weighted by Gasteiger charge is -2.16. The van der Waals surface area contributed by atoms with Gasteiger partial charge < -0.3 is 21.2 Å². The topological polar surface area (TPSA) is 118 Å². The van der Waals surface area contributed by atoms with Crippen molar-refractivity contribution in [1.82, 2.24) is 10.6 Å². The van der Waals surface area contributed by atoms with Crippen LogP contribution in [0, 0.1) is 0 Å². The summed E-state index contributed by atoms with van der Waals surface area (Å²) in [4.78, 5) is 45.6. The number of aldehydes is 2. The zero-order valence-electron chi connectivity index (χ0n) is 16.4. The molecule has 1 unspecified atom stereocenters. The van der Waals surface area contributed by atoms with Gasteiger partial charge >= 0.3 is 0 Å². The normalized spacial score (nSPS) is 11.5. The highest BCUT2D eigenvalue weighted by atomic mass is 35.5. The van der Waals surface area contributed by atoms with Crippen LogP contribution < -0.4 is 16.4 Å². The van der Waals surface area contributed by atoms with Gasteiger partial charge in [-0.2, -0.15) is 0 Å². The van der Waals surface area contributed by atoms with E-state index in [0.717, 1.165) is 23.7 Å². The summed E-state index contributed by atoms with van der Waals surface area (Å²) < 4.78 is 0. The van der Waals surface area contributed by atoms with E-state index in [4.69, 9.17) is 17.3 Å². The highest BCUT2D eigenvalue weighted by molar-refractivity contribution is 6.30. The number of nitrogens with one attached hydrogen (secondary N) is 2. The number of carbonyl (C=O) groups is 4. The summed E-state index contributed by atoms with van der Waals surface area (Å²) in [5, 5.41) is 6.44. The maximum Gasteiger partial charge on any atom is 0.234 e. The summed E-state index contributed by atoms with van der Waals surface area (Å²) in [6.45, 7) is 0.524. The Labute approximate surface area is 180 Å². The average Bonchev–Trinajstić information content (AvgIpc) is 2.73. The molecule has 2 rings (SSSR count). The SMILES string of the molecule is NC(=O)C(CCC=O)NCc1cc(CNC(=O)Cc2ccc(Cl)cc2)ccc1C=O. The Bertz CT molecular complexity index is 900. The van der Waals surface area contributed by atoms with Crippen molar-refractivity contribution in [2.24, 2.45) is 5.73 Å². The lowest BCUT2D eigenvalue weighted by molar-refractivity contribution is -0.121. The van der Waals surface area contributed by atoms with Crippen LogP contribution in [0.3, 0.4) is 0 Å². The summed E-state index contributed by atoms with van der Waals surface area (Å²) >= 11 is 5.84. The molecule has 2 aromatic carbocycles. The predicted molar refractivity (Wildman–Crippen MR) is 114 cm³/mol. The molecule has 7 nitrogen and oxygen atoms in total. The third kappa shape index (κ3) is 7.42. The number of carbonyl (C=O) groups excluding carboxylic acids is 4. The standard InChI is InChI=1S/C22H24ClN3O4/c23-19-7-4-15(5-8-19)11-21(29)26-12-16-3-6-17(14-28)18(10-16)13-25-20(22(24)30)2-1-9-27/h3-10,14,20,25H,1-2,11-13H2,(H2,24,30)(H,26,29). The van der Waals surface area contributed by atoms with Crippen LogP contribution in [0.15, 0.2) is 42.5 Å². The maximum absolute atomic E-state index is 12.2. The fourth-order valence-corrected chi connectivity index (χ4v) is 3.03. The third-order valence-corrected chi connectivity index (χ3v) is 4.81. The van der Waals surface area contributed by atoms with E-state index in [1.807, 2.05) is 0 Å².